The van der Waals surface area contributed by atoms with E-state index in [9.17, 15) is 4.79 Å². The van der Waals surface area contributed by atoms with Crippen LogP contribution in [-0.4, -0.2) is 25.2 Å². The Kier molecular flexibility index (Phi) is 2.12. The van der Waals surface area contributed by atoms with E-state index in [2.05, 4.69) is 17.5 Å². The monoisotopic (exact) mass is 241 g/mol. The van der Waals surface area contributed by atoms with E-state index in [4.69, 9.17) is 4.74 Å². The number of allylic oxidation sites excluding steroid dienone is 6. The predicted octanol–water partition coefficient (Wildman–Crippen LogP) is 1.79. The molecule has 1 aliphatic heterocycles. The zero-order chi connectivity index (χ0) is 12.1. The lowest BCUT2D eigenvalue weighted by molar-refractivity contribution is -0.117. The number of ether oxygens (including phenoxy) is 1. The molecule has 0 aromatic carbocycles. The SMILES string of the molecule is O=C(NC[C@H]1CCCO1)C1=C2C=C3CC3=C2C=C1. The molecule has 3 heteroatoms. The van der Waals surface area contributed by atoms with E-state index >= 15 is 0 Å². The summed E-state index contributed by atoms with van der Waals surface area (Å²) in [6, 6.07) is 0. The molecule has 0 bridgehead atoms. The van der Waals surface area contributed by atoms with Crippen molar-refractivity contribution in [3.63, 3.8) is 0 Å². The van der Waals surface area contributed by atoms with Gasteiger partial charge in [-0.3, -0.25) is 4.79 Å². The average molecular weight is 241 g/mol. The highest BCUT2D eigenvalue weighted by Crippen LogP contribution is 2.51. The lowest BCUT2D eigenvalue weighted by atomic mass is 10.1. The number of fused-ring (bicyclic) bond motifs is 2. The van der Waals surface area contributed by atoms with Crippen LogP contribution in [0.3, 0.4) is 0 Å². The average Bonchev–Trinajstić information content (AvgIpc) is 2.81. The zero-order valence-corrected chi connectivity index (χ0v) is 10.2. The summed E-state index contributed by atoms with van der Waals surface area (Å²) in [7, 11) is 0. The van der Waals surface area contributed by atoms with E-state index < -0.39 is 0 Å². The van der Waals surface area contributed by atoms with Gasteiger partial charge in [0.2, 0.25) is 0 Å². The fourth-order valence-corrected chi connectivity index (χ4v) is 2.94. The third-order valence-corrected chi connectivity index (χ3v) is 4.03. The van der Waals surface area contributed by atoms with Crippen LogP contribution in [0.1, 0.15) is 19.3 Å². The highest BCUT2D eigenvalue weighted by Gasteiger charge is 2.35. The molecule has 0 aromatic heterocycles. The van der Waals surface area contributed by atoms with Crippen molar-refractivity contribution < 1.29 is 9.53 Å². The van der Waals surface area contributed by atoms with Crippen molar-refractivity contribution in [2.24, 2.45) is 0 Å². The lowest BCUT2D eigenvalue weighted by Gasteiger charge is -2.11. The zero-order valence-electron chi connectivity index (χ0n) is 10.2. The second kappa shape index (κ2) is 3.69. The van der Waals surface area contributed by atoms with Crippen LogP contribution in [0.2, 0.25) is 0 Å². The van der Waals surface area contributed by atoms with Crippen LogP contribution in [0.4, 0.5) is 0 Å². The molecule has 2 fully saturated rings. The highest BCUT2D eigenvalue weighted by molar-refractivity contribution is 6.01. The Balaban J connectivity index is 1.46. The third-order valence-electron chi connectivity index (χ3n) is 4.03. The molecule has 92 valence electrons. The van der Waals surface area contributed by atoms with Crippen LogP contribution < -0.4 is 5.32 Å². The van der Waals surface area contributed by atoms with Crippen LogP contribution in [0.15, 0.2) is 46.1 Å². The minimum Gasteiger partial charge on any atom is -0.376 e. The van der Waals surface area contributed by atoms with Gasteiger partial charge in [0, 0.05) is 18.7 Å². The third kappa shape index (κ3) is 1.51. The van der Waals surface area contributed by atoms with Crippen LogP contribution in [0.25, 0.3) is 0 Å². The summed E-state index contributed by atoms with van der Waals surface area (Å²) < 4.78 is 5.51. The van der Waals surface area contributed by atoms with Crippen molar-refractivity contribution in [3.8, 4) is 0 Å². The van der Waals surface area contributed by atoms with Gasteiger partial charge < -0.3 is 10.1 Å². The standard InChI is InChI=1S/C15H15NO2/c17-15(16-8-10-2-1-5-18-10)12-4-3-11-13-6-9(13)7-14(11)12/h3-4,7,10H,1-2,5-6,8H2,(H,16,17)/t10-/m1/s1. The molecule has 18 heavy (non-hydrogen) atoms. The molecule has 0 spiro atoms. The van der Waals surface area contributed by atoms with Gasteiger partial charge in [0.05, 0.1) is 6.10 Å². The smallest absolute Gasteiger partial charge is 0.252 e. The van der Waals surface area contributed by atoms with Gasteiger partial charge >= 0.3 is 0 Å². The first-order valence-corrected chi connectivity index (χ1v) is 6.59. The number of amides is 1. The van der Waals surface area contributed by atoms with Gasteiger partial charge in [-0.1, -0.05) is 6.08 Å². The number of carbonyl (C=O) groups excluding carboxylic acids is 1. The Morgan fingerprint density at radius 3 is 3.17 bits per heavy atom. The summed E-state index contributed by atoms with van der Waals surface area (Å²) in [4.78, 5) is 12.1. The molecule has 4 aliphatic rings. The number of hydrogen-bond acceptors (Lipinski definition) is 2. The van der Waals surface area contributed by atoms with Gasteiger partial charge in [-0.25, -0.2) is 0 Å². The molecular weight excluding hydrogens is 226 g/mol. The fraction of sp³-hybridized carbons (Fsp3) is 0.400. The second-order valence-corrected chi connectivity index (χ2v) is 5.24. The summed E-state index contributed by atoms with van der Waals surface area (Å²) in [6.45, 7) is 1.46. The second-order valence-electron chi connectivity index (χ2n) is 5.24. The van der Waals surface area contributed by atoms with Gasteiger partial charge in [-0.15, -0.1) is 0 Å². The summed E-state index contributed by atoms with van der Waals surface area (Å²) >= 11 is 0. The van der Waals surface area contributed by atoms with Gasteiger partial charge in [-0.05, 0) is 53.7 Å². The number of carbonyl (C=O) groups is 1. The maximum atomic E-state index is 12.1. The first-order valence-electron chi connectivity index (χ1n) is 6.59. The molecule has 0 aromatic rings. The van der Waals surface area contributed by atoms with Crippen molar-refractivity contribution in [3.05, 3.63) is 46.1 Å². The molecule has 1 atom stereocenters. The van der Waals surface area contributed by atoms with E-state index in [1.807, 2.05) is 6.08 Å². The van der Waals surface area contributed by atoms with Gasteiger partial charge in [0.1, 0.15) is 0 Å². The predicted molar refractivity (Wildman–Crippen MR) is 67.9 cm³/mol. The normalized spacial score (nSPS) is 27.6. The fourth-order valence-electron chi connectivity index (χ4n) is 2.94. The molecule has 1 saturated carbocycles. The van der Waals surface area contributed by atoms with Crippen molar-refractivity contribution in [1.29, 1.82) is 0 Å². The van der Waals surface area contributed by atoms with Gasteiger partial charge in [0.25, 0.3) is 5.91 Å². The van der Waals surface area contributed by atoms with E-state index in [0.717, 1.165) is 37.0 Å². The van der Waals surface area contributed by atoms with Crippen LogP contribution in [0, 0.1) is 0 Å². The number of nitrogens with one attached hydrogen (secondary N) is 1. The minimum absolute atomic E-state index is 0.0329. The maximum absolute atomic E-state index is 12.1. The molecule has 3 nitrogen and oxygen atoms in total. The van der Waals surface area contributed by atoms with E-state index in [1.165, 1.54) is 16.7 Å². The van der Waals surface area contributed by atoms with Crippen molar-refractivity contribution >= 4 is 5.91 Å². The molecule has 1 amide bonds. The molecule has 1 N–H and O–H groups in total. The summed E-state index contributed by atoms with van der Waals surface area (Å²) in [5.41, 5.74) is 6.05. The van der Waals surface area contributed by atoms with E-state index in [1.54, 1.807) is 0 Å². The Morgan fingerprint density at radius 2 is 2.33 bits per heavy atom. The van der Waals surface area contributed by atoms with Crippen molar-refractivity contribution in [2.75, 3.05) is 13.2 Å². The molecule has 1 saturated heterocycles. The molecular formula is C15H15NO2. The molecule has 0 radical (unpaired) electrons. The lowest BCUT2D eigenvalue weighted by Crippen LogP contribution is -2.32. The first-order chi connectivity index (χ1) is 8.83. The topological polar surface area (TPSA) is 38.3 Å². The highest BCUT2D eigenvalue weighted by atomic mass is 16.5. The molecule has 3 aliphatic carbocycles. The van der Waals surface area contributed by atoms with Gasteiger partial charge in [0.15, 0.2) is 0 Å². The Hall–Kier alpha value is -1.61. The van der Waals surface area contributed by atoms with Gasteiger partial charge in [-0.2, -0.15) is 0 Å². The quantitative estimate of drug-likeness (QED) is 0.818. The van der Waals surface area contributed by atoms with E-state index in [0.29, 0.717) is 6.54 Å². The molecule has 0 unspecified atom stereocenters. The number of rotatable bonds is 3. The Labute approximate surface area is 106 Å². The van der Waals surface area contributed by atoms with Crippen molar-refractivity contribution in [1.82, 2.24) is 5.32 Å². The van der Waals surface area contributed by atoms with Crippen LogP contribution in [0.5, 0.6) is 0 Å². The summed E-state index contributed by atoms with van der Waals surface area (Å²) in [6.07, 6.45) is 9.66. The molecule has 1 heterocycles. The number of hydrogen-bond donors (Lipinski definition) is 1. The summed E-state index contributed by atoms with van der Waals surface area (Å²) in [5, 5.41) is 2.98. The summed E-state index contributed by atoms with van der Waals surface area (Å²) in [5.74, 6) is 0.0329. The minimum atomic E-state index is 0.0329. The van der Waals surface area contributed by atoms with Crippen LogP contribution in [-0.2, 0) is 9.53 Å². The Morgan fingerprint density at radius 1 is 1.39 bits per heavy atom. The van der Waals surface area contributed by atoms with Crippen molar-refractivity contribution in [2.45, 2.75) is 25.4 Å². The first kappa shape index (κ1) is 10.3. The Bertz CT molecular complexity index is 557. The largest absolute Gasteiger partial charge is 0.376 e. The van der Waals surface area contributed by atoms with E-state index in [-0.39, 0.29) is 12.0 Å². The molecule has 4 rings (SSSR count). The van der Waals surface area contributed by atoms with Crippen LogP contribution >= 0.6 is 0 Å². The maximum Gasteiger partial charge on any atom is 0.252 e.